The quantitative estimate of drug-likeness (QED) is 0.508. The Morgan fingerprint density at radius 1 is 1.60 bits per heavy atom. The Morgan fingerprint density at radius 2 is 2.27 bits per heavy atom. The van der Waals surface area contributed by atoms with Crippen LogP contribution in [0.2, 0.25) is 0 Å². The molecule has 0 saturated heterocycles. The van der Waals surface area contributed by atoms with Gasteiger partial charge in [0.15, 0.2) is 0 Å². The number of nitrogens with two attached hydrogens (primary N) is 1. The van der Waals surface area contributed by atoms with Crippen LogP contribution in [0, 0.1) is 0 Å². The second-order valence-electron chi connectivity index (χ2n) is 2.38. The van der Waals surface area contributed by atoms with Crippen LogP contribution < -0.4 is 10.5 Å². The number of thioether (sulfide) groups is 1. The molecule has 0 amide bonds. The fourth-order valence-corrected chi connectivity index (χ4v) is 1.53. The molecule has 0 aliphatic rings. The molecule has 1 aromatic heterocycles. The summed E-state index contributed by atoms with van der Waals surface area (Å²) in [6.07, 6.45) is 0. The van der Waals surface area contributed by atoms with E-state index in [0.29, 0.717) is 5.03 Å². The predicted octanol–water partition coefficient (Wildman–Crippen LogP) is 2.34. The zero-order valence-electron chi connectivity index (χ0n) is 7.71. The summed E-state index contributed by atoms with van der Waals surface area (Å²) in [7, 11) is 0. The van der Waals surface area contributed by atoms with Crippen LogP contribution in [0.15, 0.2) is 11.1 Å². The van der Waals surface area contributed by atoms with Gasteiger partial charge in [-0.05, 0) is 5.75 Å². The van der Waals surface area contributed by atoms with Gasteiger partial charge in [-0.3, -0.25) is 0 Å². The molecular formula is C7H8ClF2N3OS. The molecule has 0 aromatic carbocycles. The number of nitrogens with zero attached hydrogens (tertiary/aromatic N) is 2. The van der Waals surface area contributed by atoms with Crippen molar-refractivity contribution in [2.24, 2.45) is 0 Å². The summed E-state index contributed by atoms with van der Waals surface area (Å²) < 4.78 is 28.6. The maximum absolute atomic E-state index is 12.3. The average molecular weight is 256 g/mol. The minimum Gasteiger partial charge on any atom is -0.402 e. The summed E-state index contributed by atoms with van der Waals surface area (Å²) in [5.41, 5.74) is 1.51. The van der Waals surface area contributed by atoms with Gasteiger partial charge in [0.05, 0.1) is 0 Å². The highest BCUT2D eigenvalue weighted by Crippen LogP contribution is 2.26. The van der Waals surface area contributed by atoms with Crippen molar-refractivity contribution in [2.75, 3.05) is 11.5 Å². The third-order valence-corrected chi connectivity index (χ3v) is 2.08. The third-order valence-electron chi connectivity index (χ3n) is 1.21. The third kappa shape index (κ3) is 4.48. The van der Waals surface area contributed by atoms with E-state index in [0.717, 1.165) is 5.75 Å². The van der Waals surface area contributed by atoms with Crippen LogP contribution in [-0.2, 0) is 0 Å². The first kappa shape index (κ1) is 12.3. The van der Waals surface area contributed by atoms with Crippen LogP contribution in [0.1, 0.15) is 6.92 Å². The molecule has 0 bridgehead atoms. The number of rotatable bonds is 4. The smallest absolute Gasteiger partial charge is 0.402 e. The molecule has 0 radical (unpaired) electrons. The minimum absolute atomic E-state index is 0.135. The van der Waals surface area contributed by atoms with Gasteiger partial charge >= 0.3 is 5.57 Å². The molecule has 0 spiro atoms. The summed E-state index contributed by atoms with van der Waals surface area (Å²) in [5.74, 6) is 0.246. The van der Waals surface area contributed by atoms with E-state index >= 15 is 0 Å². The number of aromatic nitrogens is 2. The fourth-order valence-electron chi connectivity index (χ4n) is 0.814. The molecule has 0 unspecified atom stereocenters. The highest BCUT2D eigenvalue weighted by Gasteiger charge is 2.28. The largest absolute Gasteiger partial charge is 0.488 e. The van der Waals surface area contributed by atoms with E-state index < -0.39 is 5.57 Å². The Kier molecular flexibility index (Phi) is 3.92. The lowest BCUT2D eigenvalue weighted by atomic mass is 10.6. The SMILES string of the molecule is CCSc1cc(OC(F)(F)Cl)nc(N)n1. The van der Waals surface area contributed by atoms with Crippen molar-refractivity contribution in [3.8, 4) is 5.88 Å². The number of halogens is 3. The average Bonchev–Trinajstić information content (AvgIpc) is 1.99. The fraction of sp³-hybridized carbons (Fsp3) is 0.429. The number of hydrogen-bond acceptors (Lipinski definition) is 5. The van der Waals surface area contributed by atoms with Gasteiger partial charge in [-0.1, -0.05) is 6.92 Å². The van der Waals surface area contributed by atoms with Gasteiger partial charge in [-0.15, -0.1) is 20.5 Å². The highest BCUT2D eigenvalue weighted by atomic mass is 35.5. The lowest BCUT2D eigenvalue weighted by Crippen LogP contribution is -2.17. The van der Waals surface area contributed by atoms with Crippen molar-refractivity contribution in [2.45, 2.75) is 17.5 Å². The first-order valence-electron chi connectivity index (χ1n) is 3.94. The molecule has 0 saturated carbocycles. The standard InChI is InChI=1S/C7H8ClF2N3OS/c1-2-15-5-3-4(12-6(11)13-5)14-7(8,9)10/h3H,2H2,1H3,(H2,11,12,13). The zero-order chi connectivity index (χ0) is 11.5. The highest BCUT2D eigenvalue weighted by molar-refractivity contribution is 7.99. The normalized spacial score (nSPS) is 11.5. The second-order valence-corrected chi connectivity index (χ2v) is 4.11. The predicted molar refractivity (Wildman–Crippen MR) is 54.3 cm³/mol. The van der Waals surface area contributed by atoms with E-state index in [-0.39, 0.29) is 11.8 Å². The van der Waals surface area contributed by atoms with Crippen molar-refractivity contribution in [3.05, 3.63) is 6.07 Å². The van der Waals surface area contributed by atoms with E-state index in [2.05, 4.69) is 26.3 Å². The van der Waals surface area contributed by atoms with Gasteiger partial charge in [0.2, 0.25) is 11.8 Å². The lowest BCUT2D eigenvalue weighted by molar-refractivity contribution is -0.0992. The Hall–Kier alpha value is -0.820. The van der Waals surface area contributed by atoms with Gasteiger partial charge < -0.3 is 10.5 Å². The van der Waals surface area contributed by atoms with Crippen LogP contribution in [-0.4, -0.2) is 21.3 Å². The van der Waals surface area contributed by atoms with Gasteiger partial charge in [-0.25, -0.2) is 4.98 Å². The maximum Gasteiger partial charge on any atom is 0.488 e. The van der Waals surface area contributed by atoms with Gasteiger partial charge in [0, 0.05) is 17.7 Å². The van der Waals surface area contributed by atoms with Crippen molar-refractivity contribution in [1.29, 1.82) is 0 Å². The minimum atomic E-state index is -3.80. The molecule has 1 rings (SSSR count). The molecule has 15 heavy (non-hydrogen) atoms. The van der Waals surface area contributed by atoms with E-state index in [1.54, 1.807) is 0 Å². The number of hydrogen-bond donors (Lipinski definition) is 1. The summed E-state index contributed by atoms with van der Waals surface area (Å²) in [6, 6.07) is 1.25. The zero-order valence-corrected chi connectivity index (χ0v) is 9.28. The van der Waals surface area contributed by atoms with E-state index in [4.69, 9.17) is 5.73 Å². The summed E-state index contributed by atoms with van der Waals surface area (Å²) in [4.78, 5) is 7.28. The number of anilines is 1. The van der Waals surface area contributed by atoms with E-state index in [1.807, 2.05) is 6.92 Å². The maximum atomic E-state index is 12.3. The summed E-state index contributed by atoms with van der Waals surface area (Å²) in [6.45, 7) is 1.89. The van der Waals surface area contributed by atoms with Crippen LogP contribution >= 0.6 is 23.4 Å². The van der Waals surface area contributed by atoms with Crippen molar-refractivity contribution >= 4 is 29.3 Å². The van der Waals surface area contributed by atoms with E-state index in [1.165, 1.54) is 17.8 Å². The molecule has 0 fully saturated rings. The molecular weight excluding hydrogens is 248 g/mol. The van der Waals surface area contributed by atoms with Crippen LogP contribution in [0.5, 0.6) is 5.88 Å². The molecule has 0 atom stereocenters. The molecule has 0 aliphatic carbocycles. The Balaban J connectivity index is 2.88. The summed E-state index contributed by atoms with van der Waals surface area (Å²) in [5, 5.41) is 0.459. The van der Waals surface area contributed by atoms with Crippen LogP contribution in [0.4, 0.5) is 14.7 Å². The Bertz CT molecular complexity index is 347. The molecule has 4 nitrogen and oxygen atoms in total. The molecule has 0 aliphatic heterocycles. The number of alkyl halides is 3. The van der Waals surface area contributed by atoms with Crippen LogP contribution in [0.25, 0.3) is 0 Å². The Labute approximate surface area is 94.2 Å². The van der Waals surface area contributed by atoms with Gasteiger partial charge in [0.25, 0.3) is 0 Å². The number of nitrogen functional groups attached to an aromatic ring is 1. The summed E-state index contributed by atoms with van der Waals surface area (Å²) >= 11 is 5.92. The Morgan fingerprint density at radius 3 is 2.80 bits per heavy atom. The second kappa shape index (κ2) is 4.80. The number of ether oxygens (including phenoxy) is 1. The molecule has 1 aromatic rings. The van der Waals surface area contributed by atoms with Crippen molar-refractivity contribution in [3.63, 3.8) is 0 Å². The monoisotopic (exact) mass is 255 g/mol. The van der Waals surface area contributed by atoms with Crippen molar-refractivity contribution < 1.29 is 13.5 Å². The first-order valence-corrected chi connectivity index (χ1v) is 5.30. The molecule has 8 heteroatoms. The van der Waals surface area contributed by atoms with Gasteiger partial charge in [-0.2, -0.15) is 4.98 Å². The molecule has 1 heterocycles. The lowest BCUT2D eigenvalue weighted by Gasteiger charge is -2.10. The van der Waals surface area contributed by atoms with Crippen LogP contribution in [0.3, 0.4) is 0 Å². The topological polar surface area (TPSA) is 61.0 Å². The van der Waals surface area contributed by atoms with Crippen molar-refractivity contribution in [1.82, 2.24) is 9.97 Å². The van der Waals surface area contributed by atoms with Gasteiger partial charge in [0.1, 0.15) is 5.03 Å². The molecule has 84 valence electrons. The first-order chi connectivity index (χ1) is 6.90. The molecule has 2 N–H and O–H groups in total. The van der Waals surface area contributed by atoms with E-state index in [9.17, 15) is 8.78 Å².